The van der Waals surface area contributed by atoms with Crippen molar-refractivity contribution >= 4 is 11.6 Å². The van der Waals surface area contributed by atoms with Gasteiger partial charge in [0.15, 0.2) is 0 Å². The van der Waals surface area contributed by atoms with Crippen LogP contribution in [-0.2, 0) is 12.1 Å². The minimum absolute atomic E-state index is 0.00798. The number of carbonyl (C=O) groups is 1. The number of hydrogen-bond acceptors (Lipinski definition) is 4. The number of aliphatic hydroxyl groups is 1. The van der Waals surface area contributed by atoms with Crippen molar-refractivity contribution in [2.75, 3.05) is 33.4 Å². The second kappa shape index (κ2) is 12.4. The second-order valence-corrected chi connectivity index (χ2v) is 10.9. The summed E-state index contributed by atoms with van der Waals surface area (Å²) in [4.78, 5) is 23.7. The Balaban J connectivity index is 1.41. The molecule has 5 rings (SSSR count). The summed E-state index contributed by atoms with van der Waals surface area (Å²) in [6, 6.07) is 15.4. The van der Waals surface area contributed by atoms with Crippen LogP contribution in [0.25, 0.3) is 5.57 Å². The van der Waals surface area contributed by atoms with E-state index in [0.29, 0.717) is 43.5 Å². The SMILES string of the molecule is CN(C(=O)N1CC(c2cc(F)ccc2F)=C[C@@]1(CO)c1ccccc1)C1CCC(CF)N(Cc2cccnc2)CC1. The summed E-state index contributed by atoms with van der Waals surface area (Å²) in [6.45, 7) is 0.252. The van der Waals surface area contributed by atoms with E-state index in [1.54, 1.807) is 30.4 Å². The Kier molecular flexibility index (Phi) is 8.75. The molecule has 3 aromatic rings. The number of hydrogen-bond donors (Lipinski definition) is 1. The van der Waals surface area contributed by atoms with Crippen molar-refractivity contribution in [1.82, 2.24) is 19.7 Å². The van der Waals surface area contributed by atoms with Crippen LogP contribution in [0.2, 0.25) is 0 Å². The number of amides is 2. The van der Waals surface area contributed by atoms with Gasteiger partial charge in [-0.3, -0.25) is 9.88 Å². The number of pyridine rings is 1. The summed E-state index contributed by atoms with van der Waals surface area (Å²) >= 11 is 0. The van der Waals surface area contributed by atoms with Gasteiger partial charge in [-0.15, -0.1) is 0 Å². The molecule has 0 radical (unpaired) electrons. The topological polar surface area (TPSA) is 59.9 Å². The summed E-state index contributed by atoms with van der Waals surface area (Å²) in [6.07, 6.45) is 7.01. The van der Waals surface area contributed by atoms with Crippen molar-refractivity contribution in [3.8, 4) is 0 Å². The smallest absolute Gasteiger partial charge is 0.321 e. The van der Waals surface area contributed by atoms with Gasteiger partial charge in [0.25, 0.3) is 0 Å². The quantitative estimate of drug-likeness (QED) is 0.418. The van der Waals surface area contributed by atoms with E-state index in [1.807, 2.05) is 42.5 Å². The predicted molar refractivity (Wildman–Crippen MR) is 151 cm³/mol. The van der Waals surface area contributed by atoms with Crippen molar-refractivity contribution < 1.29 is 23.1 Å². The minimum atomic E-state index is -1.26. The van der Waals surface area contributed by atoms with Crippen LogP contribution in [0.3, 0.4) is 0 Å². The van der Waals surface area contributed by atoms with Crippen molar-refractivity contribution in [2.45, 2.75) is 43.4 Å². The molecule has 0 spiro atoms. The van der Waals surface area contributed by atoms with Gasteiger partial charge in [0.1, 0.15) is 23.8 Å². The Morgan fingerprint density at radius 1 is 1.10 bits per heavy atom. The average Bonchev–Trinajstić information content (AvgIpc) is 3.29. The van der Waals surface area contributed by atoms with Crippen LogP contribution < -0.4 is 0 Å². The fourth-order valence-corrected chi connectivity index (χ4v) is 6.11. The Labute approximate surface area is 238 Å². The van der Waals surface area contributed by atoms with Gasteiger partial charge >= 0.3 is 6.03 Å². The number of likely N-dealkylation sites (tertiary alicyclic amines) is 1. The molecule has 6 nitrogen and oxygen atoms in total. The zero-order valence-electron chi connectivity index (χ0n) is 23.1. The van der Waals surface area contributed by atoms with E-state index >= 15 is 0 Å². The number of aromatic nitrogens is 1. The first-order valence-corrected chi connectivity index (χ1v) is 13.9. The minimum Gasteiger partial charge on any atom is -0.393 e. The van der Waals surface area contributed by atoms with Gasteiger partial charge in [0.05, 0.1) is 6.61 Å². The van der Waals surface area contributed by atoms with E-state index in [-0.39, 0.29) is 30.2 Å². The highest BCUT2D eigenvalue weighted by atomic mass is 19.1. The van der Waals surface area contributed by atoms with Gasteiger partial charge in [-0.05, 0) is 66.3 Å². The summed E-state index contributed by atoms with van der Waals surface area (Å²) < 4.78 is 43.1. The second-order valence-electron chi connectivity index (χ2n) is 10.9. The number of alkyl halides is 1. The number of rotatable bonds is 7. The fraction of sp³-hybridized carbons (Fsp3) is 0.375. The van der Waals surface area contributed by atoms with Crippen LogP contribution in [0, 0.1) is 11.6 Å². The Morgan fingerprint density at radius 2 is 1.90 bits per heavy atom. The van der Waals surface area contributed by atoms with Crippen molar-refractivity contribution in [3.05, 3.63) is 107 Å². The van der Waals surface area contributed by atoms with Crippen LogP contribution in [0.15, 0.2) is 79.1 Å². The summed E-state index contributed by atoms with van der Waals surface area (Å²) in [5.41, 5.74) is 0.881. The third-order valence-electron chi connectivity index (χ3n) is 8.48. The van der Waals surface area contributed by atoms with Gasteiger partial charge in [-0.25, -0.2) is 18.0 Å². The molecule has 0 bridgehead atoms. The highest BCUT2D eigenvalue weighted by Crippen LogP contribution is 2.41. The lowest BCUT2D eigenvalue weighted by Crippen LogP contribution is -2.54. The maximum absolute atomic E-state index is 14.8. The maximum atomic E-state index is 14.8. The summed E-state index contributed by atoms with van der Waals surface area (Å²) in [5, 5.41) is 10.8. The number of benzene rings is 2. The molecule has 3 heterocycles. The molecule has 2 aromatic carbocycles. The molecule has 216 valence electrons. The molecule has 1 aromatic heterocycles. The Bertz CT molecular complexity index is 1370. The fourth-order valence-electron chi connectivity index (χ4n) is 6.11. The first kappa shape index (κ1) is 28.8. The molecule has 2 aliphatic heterocycles. The first-order valence-electron chi connectivity index (χ1n) is 13.9. The molecule has 1 saturated heterocycles. The number of nitrogens with zero attached hydrogens (tertiary/aromatic N) is 4. The molecule has 1 fully saturated rings. The largest absolute Gasteiger partial charge is 0.393 e. The lowest BCUT2D eigenvalue weighted by molar-refractivity contribution is 0.0776. The predicted octanol–water partition coefficient (Wildman–Crippen LogP) is 5.39. The molecule has 1 N–H and O–H groups in total. The van der Waals surface area contributed by atoms with Crippen LogP contribution in [0.1, 0.15) is 36.0 Å². The zero-order valence-corrected chi connectivity index (χ0v) is 23.1. The van der Waals surface area contributed by atoms with Gasteiger partial charge < -0.3 is 14.9 Å². The molecular weight excluding hydrogens is 529 g/mol. The van der Waals surface area contributed by atoms with E-state index in [1.165, 1.54) is 4.90 Å². The standard InChI is InChI=1S/C32H35F3N4O2/c1-37(27-10-11-28(18-33)38(15-13-27)20-23-6-5-14-36-19-23)31(41)39-21-24(29-16-26(34)9-12-30(29)35)17-32(39,22-40)25-7-3-2-4-8-25/h2-9,12,14,16-17,19,27-28,40H,10-11,13,15,18,20-22H2,1H3/t27?,28?,32-/m1/s1. The molecule has 0 aliphatic carbocycles. The number of carbonyl (C=O) groups excluding carboxylic acids is 1. The zero-order chi connectivity index (χ0) is 29.0. The highest BCUT2D eigenvalue weighted by Gasteiger charge is 2.46. The van der Waals surface area contributed by atoms with Crippen LogP contribution >= 0.6 is 0 Å². The van der Waals surface area contributed by atoms with Gasteiger partial charge in [0, 0.05) is 56.7 Å². The molecule has 0 saturated carbocycles. The summed E-state index contributed by atoms with van der Waals surface area (Å²) in [5.74, 6) is -1.19. The van der Waals surface area contributed by atoms with Gasteiger partial charge in [0.2, 0.25) is 0 Å². The molecular formula is C32H35F3N4O2. The summed E-state index contributed by atoms with van der Waals surface area (Å²) in [7, 11) is 1.72. The number of halogens is 3. The van der Waals surface area contributed by atoms with E-state index in [0.717, 1.165) is 23.8 Å². The molecule has 3 atom stereocenters. The molecule has 2 unspecified atom stereocenters. The van der Waals surface area contributed by atoms with Crippen LogP contribution in [0.5, 0.6) is 0 Å². The van der Waals surface area contributed by atoms with Crippen molar-refractivity contribution in [1.29, 1.82) is 0 Å². The Morgan fingerprint density at radius 3 is 2.61 bits per heavy atom. The van der Waals surface area contributed by atoms with Crippen molar-refractivity contribution in [3.63, 3.8) is 0 Å². The number of urea groups is 1. The first-order chi connectivity index (χ1) is 19.9. The monoisotopic (exact) mass is 564 g/mol. The lowest BCUT2D eigenvalue weighted by Gasteiger charge is -2.41. The normalized spacial score (nSPS) is 23.2. The highest BCUT2D eigenvalue weighted by molar-refractivity contribution is 5.83. The van der Waals surface area contributed by atoms with Crippen LogP contribution in [-0.4, -0.2) is 76.3 Å². The Hall–Kier alpha value is -3.69. The molecule has 9 heteroatoms. The maximum Gasteiger partial charge on any atom is 0.321 e. The van der Waals surface area contributed by atoms with Gasteiger partial charge in [-0.2, -0.15) is 0 Å². The van der Waals surface area contributed by atoms with E-state index in [4.69, 9.17) is 0 Å². The third-order valence-corrected chi connectivity index (χ3v) is 8.48. The molecule has 41 heavy (non-hydrogen) atoms. The van der Waals surface area contributed by atoms with Gasteiger partial charge in [-0.1, -0.05) is 36.4 Å². The lowest BCUT2D eigenvalue weighted by atomic mass is 9.89. The molecule has 2 amide bonds. The van der Waals surface area contributed by atoms with Crippen molar-refractivity contribution in [2.24, 2.45) is 0 Å². The molecule has 2 aliphatic rings. The van der Waals surface area contributed by atoms with E-state index in [2.05, 4.69) is 9.88 Å². The van der Waals surface area contributed by atoms with Crippen LogP contribution in [0.4, 0.5) is 18.0 Å². The third kappa shape index (κ3) is 5.87. The average molecular weight is 565 g/mol. The van der Waals surface area contributed by atoms with E-state index < -0.39 is 30.5 Å². The number of aliphatic hydroxyl groups excluding tert-OH is 1. The van der Waals surface area contributed by atoms with E-state index in [9.17, 15) is 23.1 Å².